The van der Waals surface area contributed by atoms with Crippen LogP contribution in [0.1, 0.15) is 37.7 Å². The van der Waals surface area contributed by atoms with Crippen LogP contribution in [-0.4, -0.2) is 12.3 Å². The van der Waals surface area contributed by atoms with Gasteiger partial charge in [0, 0.05) is 28.6 Å². The number of ether oxygens (including phenoxy) is 1. The van der Waals surface area contributed by atoms with Crippen molar-refractivity contribution in [3.05, 3.63) is 108 Å². The van der Waals surface area contributed by atoms with Crippen molar-refractivity contribution >= 4 is 17.8 Å². The van der Waals surface area contributed by atoms with Crippen LogP contribution in [0.2, 0.25) is 0 Å². The molecule has 30 heavy (non-hydrogen) atoms. The van der Waals surface area contributed by atoms with E-state index in [1.54, 1.807) is 0 Å². The molecule has 4 rings (SSSR count). The highest BCUT2D eigenvalue weighted by Gasteiger charge is 2.42. The van der Waals surface area contributed by atoms with E-state index in [1.807, 2.05) is 73.7 Å². The van der Waals surface area contributed by atoms with Crippen molar-refractivity contribution in [1.29, 1.82) is 0 Å². The molecule has 1 aliphatic rings. The predicted molar refractivity (Wildman–Crippen MR) is 126 cm³/mol. The minimum absolute atomic E-state index is 0.0129. The summed E-state index contributed by atoms with van der Waals surface area (Å²) in [7, 11) is -2.88. The largest absolute Gasteiger partial charge is 0.499 e. The molecule has 0 spiro atoms. The molecule has 0 amide bonds. The number of hydrogen-bond donors (Lipinski definition) is 0. The first kappa shape index (κ1) is 20.7. The zero-order chi connectivity index (χ0) is 20.8. The highest BCUT2D eigenvalue weighted by Crippen LogP contribution is 2.57. The normalized spacial score (nSPS) is 19.6. The number of benzene rings is 3. The molecule has 2 nitrogen and oxygen atoms in total. The number of rotatable bonds is 6. The lowest BCUT2D eigenvalue weighted by Gasteiger charge is -2.34. The second-order valence-corrected chi connectivity index (χ2v) is 10.8. The molecule has 0 aromatic heterocycles. The van der Waals surface area contributed by atoms with Crippen molar-refractivity contribution in [3.8, 4) is 0 Å². The van der Waals surface area contributed by atoms with Crippen molar-refractivity contribution in [1.82, 2.24) is 0 Å². The fourth-order valence-corrected chi connectivity index (χ4v) is 8.25. The van der Waals surface area contributed by atoms with Crippen LogP contribution in [0, 0.1) is 0 Å². The molecule has 3 aromatic carbocycles. The van der Waals surface area contributed by atoms with Gasteiger partial charge < -0.3 is 9.30 Å². The summed E-state index contributed by atoms with van der Waals surface area (Å²) < 4.78 is 21.1. The van der Waals surface area contributed by atoms with E-state index in [9.17, 15) is 0 Å². The highest BCUT2D eigenvalue weighted by atomic mass is 31.2. The van der Waals surface area contributed by atoms with E-state index in [-0.39, 0.29) is 11.6 Å². The van der Waals surface area contributed by atoms with Crippen LogP contribution in [-0.2, 0) is 9.30 Å². The Morgan fingerprint density at radius 1 is 0.833 bits per heavy atom. The van der Waals surface area contributed by atoms with Crippen molar-refractivity contribution in [2.45, 2.75) is 37.8 Å². The van der Waals surface area contributed by atoms with E-state index in [4.69, 9.17) is 4.74 Å². The lowest BCUT2D eigenvalue weighted by Crippen LogP contribution is -2.30. The summed E-state index contributed by atoms with van der Waals surface area (Å²) in [5, 5.41) is 1.89. The van der Waals surface area contributed by atoms with Crippen LogP contribution in [0.5, 0.6) is 0 Å². The molecule has 3 heteroatoms. The van der Waals surface area contributed by atoms with Gasteiger partial charge in [-0.2, -0.15) is 0 Å². The summed E-state index contributed by atoms with van der Waals surface area (Å²) >= 11 is 0. The quantitative estimate of drug-likeness (QED) is 0.444. The predicted octanol–water partition coefficient (Wildman–Crippen LogP) is 6.26. The maximum Gasteiger partial charge on any atom is 0.146 e. The SMILES string of the molecule is CCOC1=CCC[C@@H](P(=O)(c2ccccc2)c2ccccc2)[C@H](c2ccccc2)C1. The lowest BCUT2D eigenvalue weighted by atomic mass is 9.91. The van der Waals surface area contributed by atoms with Crippen LogP contribution in [0.25, 0.3) is 0 Å². The minimum Gasteiger partial charge on any atom is -0.499 e. The monoisotopic (exact) mass is 416 g/mol. The summed E-state index contributed by atoms with van der Waals surface area (Å²) in [6.07, 6.45) is 4.75. The van der Waals surface area contributed by atoms with Crippen molar-refractivity contribution < 1.29 is 9.30 Å². The molecule has 1 aliphatic carbocycles. The fourth-order valence-electron chi connectivity index (χ4n) is 4.66. The summed E-state index contributed by atoms with van der Waals surface area (Å²) in [6.45, 7) is 2.69. The molecule has 0 aliphatic heterocycles. The van der Waals surface area contributed by atoms with Gasteiger partial charge in [0.2, 0.25) is 0 Å². The van der Waals surface area contributed by atoms with Gasteiger partial charge in [0.1, 0.15) is 7.14 Å². The van der Waals surface area contributed by atoms with E-state index in [0.717, 1.165) is 35.6 Å². The Hall–Kier alpha value is -2.57. The second kappa shape index (κ2) is 9.49. The average Bonchev–Trinajstić information content (AvgIpc) is 3.03. The van der Waals surface area contributed by atoms with Crippen LogP contribution in [0.3, 0.4) is 0 Å². The molecule has 2 atom stereocenters. The fraction of sp³-hybridized carbons (Fsp3) is 0.259. The van der Waals surface area contributed by atoms with Gasteiger partial charge in [0.05, 0.1) is 12.4 Å². The zero-order valence-corrected chi connectivity index (χ0v) is 18.4. The second-order valence-electron chi connectivity index (χ2n) is 7.80. The molecule has 0 heterocycles. The van der Waals surface area contributed by atoms with Crippen molar-refractivity contribution in [3.63, 3.8) is 0 Å². The summed E-state index contributed by atoms with van der Waals surface area (Å²) in [4.78, 5) is 0. The Bertz CT molecular complexity index is 969. The van der Waals surface area contributed by atoms with E-state index >= 15 is 4.57 Å². The van der Waals surface area contributed by atoms with Gasteiger partial charge >= 0.3 is 0 Å². The third kappa shape index (κ3) is 4.16. The molecule has 0 saturated carbocycles. The highest BCUT2D eigenvalue weighted by molar-refractivity contribution is 7.79. The maximum atomic E-state index is 15.1. The van der Waals surface area contributed by atoms with E-state index in [2.05, 4.69) is 30.3 Å². The Labute approximate surface area is 180 Å². The maximum absolute atomic E-state index is 15.1. The molecule has 0 unspecified atom stereocenters. The molecular weight excluding hydrogens is 387 g/mol. The van der Waals surface area contributed by atoms with Gasteiger partial charge in [-0.05, 0) is 31.4 Å². The number of hydrogen-bond acceptors (Lipinski definition) is 2. The lowest BCUT2D eigenvalue weighted by molar-refractivity contribution is 0.214. The summed E-state index contributed by atoms with van der Waals surface area (Å²) in [5.74, 6) is 1.17. The molecule has 0 radical (unpaired) electrons. The smallest absolute Gasteiger partial charge is 0.146 e. The Morgan fingerprint density at radius 2 is 1.37 bits per heavy atom. The molecule has 3 aromatic rings. The third-order valence-electron chi connectivity index (χ3n) is 6.02. The standard InChI is InChI=1S/C27H29O2P/c1-2-29-23-15-12-20-27(26(21-23)22-13-6-3-7-14-22)30(28,24-16-8-4-9-17-24)25-18-10-5-11-19-25/h3-11,13-19,26-27H,2,12,20-21H2,1H3/t26-,27+/m0/s1. The van der Waals surface area contributed by atoms with Gasteiger partial charge in [0.15, 0.2) is 0 Å². The van der Waals surface area contributed by atoms with Gasteiger partial charge in [-0.3, -0.25) is 0 Å². The topological polar surface area (TPSA) is 26.3 Å². The number of allylic oxidation sites excluding steroid dienone is 2. The van der Waals surface area contributed by atoms with Crippen molar-refractivity contribution in [2.24, 2.45) is 0 Å². The van der Waals surface area contributed by atoms with Gasteiger partial charge in [-0.1, -0.05) is 91.0 Å². The Morgan fingerprint density at radius 3 is 1.90 bits per heavy atom. The van der Waals surface area contributed by atoms with Gasteiger partial charge in [-0.15, -0.1) is 0 Å². The minimum atomic E-state index is -2.88. The first-order chi connectivity index (χ1) is 14.7. The van der Waals surface area contributed by atoms with Gasteiger partial charge in [0.25, 0.3) is 0 Å². The summed E-state index contributed by atoms with van der Waals surface area (Å²) in [5.41, 5.74) is 1.25. The van der Waals surface area contributed by atoms with E-state index in [0.29, 0.717) is 6.61 Å². The van der Waals surface area contributed by atoms with Crippen LogP contribution in [0.15, 0.2) is 103 Å². The molecule has 154 valence electrons. The molecule has 0 N–H and O–H groups in total. The van der Waals surface area contributed by atoms with Crippen LogP contribution < -0.4 is 10.6 Å². The molecular formula is C27H29O2P. The zero-order valence-electron chi connectivity index (χ0n) is 17.5. The van der Waals surface area contributed by atoms with Gasteiger partial charge in [-0.25, -0.2) is 0 Å². The summed E-state index contributed by atoms with van der Waals surface area (Å²) in [6, 6.07) is 30.7. The first-order valence-corrected chi connectivity index (χ1v) is 12.6. The van der Waals surface area contributed by atoms with E-state index in [1.165, 1.54) is 5.56 Å². The van der Waals surface area contributed by atoms with Crippen molar-refractivity contribution in [2.75, 3.05) is 6.61 Å². The average molecular weight is 417 g/mol. The third-order valence-corrected chi connectivity index (χ3v) is 9.71. The van der Waals surface area contributed by atoms with E-state index < -0.39 is 7.14 Å². The molecule has 0 saturated heterocycles. The molecule has 0 fully saturated rings. The Kier molecular flexibility index (Phi) is 6.55. The molecule has 0 bridgehead atoms. The van der Waals surface area contributed by atoms with Crippen LogP contribution in [0.4, 0.5) is 0 Å². The first-order valence-electron chi connectivity index (χ1n) is 10.8. The Balaban J connectivity index is 1.87. The van der Waals surface area contributed by atoms with Crippen LogP contribution >= 0.6 is 7.14 Å².